The van der Waals surface area contributed by atoms with Crippen LogP contribution < -0.4 is 4.90 Å². The smallest absolute Gasteiger partial charge is 0.128 e. The summed E-state index contributed by atoms with van der Waals surface area (Å²) in [5.74, 6) is 2.71. The van der Waals surface area contributed by atoms with Crippen molar-refractivity contribution in [3.8, 4) is 0 Å². The first-order valence-corrected chi connectivity index (χ1v) is 5.94. The van der Waals surface area contributed by atoms with Crippen LogP contribution in [0.25, 0.3) is 0 Å². The van der Waals surface area contributed by atoms with Crippen LogP contribution in [0.2, 0.25) is 0 Å². The number of aromatic nitrogens is 1. The molecule has 0 unspecified atom stereocenters. The lowest BCUT2D eigenvalue weighted by Crippen LogP contribution is -2.17. The molecule has 96 valence electrons. The second-order valence-corrected chi connectivity index (χ2v) is 4.44. The minimum atomic E-state index is 0.0280. The summed E-state index contributed by atoms with van der Waals surface area (Å²) in [5.41, 5.74) is 1.72. The number of aliphatic hydroxyl groups excluding tert-OH is 1. The Kier molecular flexibility index (Phi) is 3.67. The second-order valence-electron chi connectivity index (χ2n) is 4.44. The summed E-state index contributed by atoms with van der Waals surface area (Å²) in [5, 5.41) is 9.12. The SMILES string of the molecule is Cc1ccc(CN(C)c2ccc(CO)c(C)n2)o1. The molecule has 0 saturated heterocycles. The molecule has 0 atom stereocenters. The predicted molar refractivity (Wildman–Crippen MR) is 70.4 cm³/mol. The molecular weight excluding hydrogens is 228 g/mol. The first-order chi connectivity index (χ1) is 8.60. The van der Waals surface area contributed by atoms with Crippen LogP contribution in [0.4, 0.5) is 5.82 Å². The molecule has 2 aromatic heterocycles. The summed E-state index contributed by atoms with van der Waals surface area (Å²) in [4.78, 5) is 6.49. The number of rotatable bonds is 4. The van der Waals surface area contributed by atoms with E-state index in [2.05, 4.69) is 4.98 Å². The van der Waals surface area contributed by atoms with E-state index in [0.29, 0.717) is 6.54 Å². The maximum absolute atomic E-state index is 9.12. The zero-order valence-corrected chi connectivity index (χ0v) is 11.0. The molecule has 0 saturated carbocycles. The fourth-order valence-electron chi connectivity index (χ4n) is 1.84. The van der Waals surface area contributed by atoms with E-state index in [1.54, 1.807) is 0 Å². The predicted octanol–water partition coefficient (Wildman–Crippen LogP) is 2.42. The Labute approximate surface area is 107 Å². The van der Waals surface area contributed by atoms with Crippen LogP contribution >= 0.6 is 0 Å². The van der Waals surface area contributed by atoms with E-state index in [1.807, 2.05) is 50.1 Å². The highest BCUT2D eigenvalue weighted by atomic mass is 16.3. The largest absolute Gasteiger partial charge is 0.464 e. The van der Waals surface area contributed by atoms with Gasteiger partial charge in [-0.2, -0.15) is 0 Å². The molecule has 0 aliphatic rings. The number of aryl methyl sites for hydroxylation is 2. The normalized spacial score (nSPS) is 10.7. The summed E-state index contributed by atoms with van der Waals surface area (Å²) in [6, 6.07) is 7.74. The number of anilines is 1. The summed E-state index contributed by atoms with van der Waals surface area (Å²) < 4.78 is 5.54. The highest BCUT2D eigenvalue weighted by Crippen LogP contribution is 2.17. The first kappa shape index (κ1) is 12.6. The third-order valence-corrected chi connectivity index (χ3v) is 2.93. The van der Waals surface area contributed by atoms with E-state index in [-0.39, 0.29) is 6.61 Å². The average Bonchev–Trinajstić information content (AvgIpc) is 2.74. The molecule has 0 amide bonds. The molecule has 4 nitrogen and oxygen atoms in total. The van der Waals surface area contributed by atoms with Crippen molar-refractivity contribution in [2.45, 2.75) is 27.0 Å². The topological polar surface area (TPSA) is 49.5 Å². The van der Waals surface area contributed by atoms with Gasteiger partial charge in [0.25, 0.3) is 0 Å². The minimum absolute atomic E-state index is 0.0280. The highest BCUT2D eigenvalue weighted by molar-refractivity contribution is 5.41. The molecule has 1 N–H and O–H groups in total. The van der Waals surface area contributed by atoms with Crippen LogP contribution in [0.3, 0.4) is 0 Å². The molecule has 0 aromatic carbocycles. The van der Waals surface area contributed by atoms with E-state index in [0.717, 1.165) is 28.6 Å². The molecule has 0 aliphatic carbocycles. The molecule has 2 rings (SSSR count). The van der Waals surface area contributed by atoms with Gasteiger partial charge in [-0.05, 0) is 37.6 Å². The van der Waals surface area contributed by atoms with Crippen molar-refractivity contribution >= 4 is 5.82 Å². The van der Waals surface area contributed by atoms with Gasteiger partial charge in [-0.25, -0.2) is 4.98 Å². The van der Waals surface area contributed by atoms with E-state index in [4.69, 9.17) is 9.52 Å². The van der Waals surface area contributed by atoms with E-state index >= 15 is 0 Å². The molecule has 0 aliphatic heterocycles. The number of aliphatic hydroxyl groups is 1. The van der Waals surface area contributed by atoms with Gasteiger partial charge in [0.15, 0.2) is 0 Å². The number of hydrogen-bond donors (Lipinski definition) is 1. The van der Waals surface area contributed by atoms with E-state index in [1.165, 1.54) is 0 Å². The van der Waals surface area contributed by atoms with Gasteiger partial charge in [-0.3, -0.25) is 0 Å². The third kappa shape index (κ3) is 2.71. The second kappa shape index (κ2) is 5.23. The van der Waals surface area contributed by atoms with Crippen LogP contribution in [0, 0.1) is 13.8 Å². The van der Waals surface area contributed by atoms with Gasteiger partial charge < -0.3 is 14.4 Å². The molecule has 0 bridgehead atoms. The van der Waals surface area contributed by atoms with Crippen molar-refractivity contribution in [2.24, 2.45) is 0 Å². The van der Waals surface area contributed by atoms with Gasteiger partial charge in [0, 0.05) is 12.7 Å². The quantitative estimate of drug-likeness (QED) is 0.900. The summed E-state index contributed by atoms with van der Waals surface area (Å²) >= 11 is 0. The summed E-state index contributed by atoms with van der Waals surface area (Å²) in [6.45, 7) is 4.54. The minimum Gasteiger partial charge on any atom is -0.464 e. The molecule has 2 heterocycles. The maximum Gasteiger partial charge on any atom is 0.128 e. The Bertz CT molecular complexity index is 534. The molecular formula is C14H18N2O2. The molecule has 18 heavy (non-hydrogen) atoms. The molecule has 4 heteroatoms. The Morgan fingerprint density at radius 2 is 2.00 bits per heavy atom. The Morgan fingerprint density at radius 1 is 1.22 bits per heavy atom. The lowest BCUT2D eigenvalue weighted by Gasteiger charge is -2.17. The van der Waals surface area contributed by atoms with Crippen LogP contribution in [-0.4, -0.2) is 17.1 Å². The van der Waals surface area contributed by atoms with Crippen molar-refractivity contribution in [3.05, 3.63) is 47.0 Å². The van der Waals surface area contributed by atoms with Gasteiger partial charge >= 0.3 is 0 Å². The molecule has 0 fully saturated rings. The van der Waals surface area contributed by atoms with Crippen LogP contribution in [0.5, 0.6) is 0 Å². The fraction of sp³-hybridized carbons (Fsp3) is 0.357. The van der Waals surface area contributed by atoms with Gasteiger partial charge in [-0.15, -0.1) is 0 Å². The van der Waals surface area contributed by atoms with Crippen LogP contribution in [-0.2, 0) is 13.2 Å². The lowest BCUT2D eigenvalue weighted by molar-refractivity contribution is 0.280. The molecule has 0 spiro atoms. The van der Waals surface area contributed by atoms with Gasteiger partial charge in [0.05, 0.1) is 13.2 Å². The van der Waals surface area contributed by atoms with E-state index in [9.17, 15) is 0 Å². The zero-order valence-electron chi connectivity index (χ0n) is 11.0. The highest BCUT2D eigenvalue weighted by Gasteiger charge is 2.08. The first-order valence-electron chi connectivity index (χ1n) is 5.94. The van der Waals surface area contributed by atoms with Crippen molar-refractivity contribution in [1.82, 2.24) is 4.98 Å². The van der Waals surface area contributed by atoms with Crippen molar-refractivity contribution < 1.29 is 9.52 Å². The third-order valence-electron chi connectivity index (χ3n) is 2.93. The maximum atomic E-state index is 9.12. The summed E-state index contributed by atoms with van der Waals surface area (Å²) in [6.07, 6.45) is 0. The van der Waals surface area contributed by atoms with Crippen LogP contribution in [0.1, 0.15) is 22.8 Å². The molecule has 0 radical (unpaired) electrons. The monoisotopic (exact) mass is 246 g/mol. The van der Waals surface area contributed by atoms with Crippen LogP contribution in [0.15, 0.2) is 28.7 Å². The Hall–Kier alpha value is -1.81. The van der Waals surface area contributed by atoms with Gasteiger partial charge in [-0.1, -0.05) is 6.07 Å². The standard InChI is InChI=1S/C14H18N2O2/c1-10-4-6-13(18-10)8-16(3)14-7-5-12(9-17)11(2)15-14/h4-7,17H,8-9H2,1-3H3. The molecule has 2 aromatic rings. The Morgan fingerprint density at radius 3 is 2.56 bits per heavy atom. The lowest BCUT2D eigenvalue weighted by atomic mass is 10.2. The van der Waals surface area contributed by atoms with Crippen molar-refractivity contribution in [3.63, 3.8) is 0 Å². The number of pyridine rings is 1. The van der Waals surface area contributed by atoms with Crippen molar-refractivity contribution in [2.75, 3.05) is 11.9 Å². The zero-order chi connectivity index (χ0) is 13.1. The number of furan rings is 1. The van der Waals surface area contributed by atoms with Crippen molar-refractivity contribution in [1.29, 1.82) is 0 Å². The number of nitrogens with zero attached hydrogens (tertiary/aromatic N) is 2. The van der Waals surface area contributed by atoms with Gasteiger partial charge in [0.1, 0.15) is 17.3 Å². The van der Waals surface area contributed by atoms with Gasteiger partial charge in [0.2, 0.25) is 0 Å². The summed E-state index contributed by atoms with van der Waals surface area (Å²) in [7, 11) is 1.97. The average molecular weight is 246 g/mol. The fourth-order valence-corrected chi connectivity index (χ4v) is 1.84. The van der Waals surface area contributed by atoms with E-state index < -0.39 is 0 Å². The number of hydrogen-bond acceptors (Lipinski definition) is 4. The Balaban J connectivity index is 2.13.